The number of methoxy groups -OCH3 is 1. The van der Waals surface area contributed by atoms with Gasteiger partial charge in [-0.2, -0.15) is 0 Å². The number of amides is 1. The molecule has 3 aliphatic carbocycles. The smallest absolute Gasteiger partial charge is 0.338 e. The lowest BCUT2D eigenvalue weighted by molar-refractivity contribution is -0.346. The minimum absolute atomic E-state index is 0.0931. The largest absolute Gasteiger partial charge is 0.457 e. The summed E-state index contributed by atoms with van der Waals surface area (Å²) in [6.07, 6.45) is -3.98. The maximum Gasteiger partial charge on any atom is 0.338 e. The number of ketones is 1. The van der Waals surface area contributed by atoms with Crippen molar-refractivity contribution in [3.05, 3.63) is 47.0 Å². The quantitative estimate of drug-likeness (QED) is 0.231. The first kappa shape index (κ1) is 37.6. The van der Waals surface area contributed by atoms with Gasteiger partial charge in [0.2, 0.25) is 5.91 Å². The van der Waals surface area contributed by atoms with Crippen molar-refractivity contribution >= 4 is 29.6 Å². The van der Waals surface area contributed by atoms with E-state index >= 15 is 4.79 Å². The molecule has 1 aromatic rings. The Morgan fingerprint density at radius 2 is 1.68 bits per heavy atom. The molecular formula is C38H51NO11. The molecule has 1 aliphatic heterocycles. The van der Waals surface area contributed by atoms with Gasteiger partial charge in [-0.25, -0.2) is 4.79 Å². The summed E-state index contributed by atoms with van der Waals surface area (Å²) in [5.74, 6) is -5.25. The predicted molar refractivity (Wildman–Crippen MR) is 179 cm³/mol. The molecule has 12 heteroatoms. The van der Waals surface area contributed by atoms with E-state index in [9.17, 15) is 24.3 Å². The summed E-state index contributed by atoms with van der Waals surface area (Å²) >= 11 is 0. The van der Waals surface area contributed by atoms with Crippen LogP contribution in [0.3, 0.4) is 0 Å². The van der Waals surface area contributed by atoms with E-state index in [1.54, 1.807) is 78.8 Å². The zero-order valence-electron chi connectivity index (χ0n) is 30.7. The molecule has 1 heterocycles. The van der Waals surface area contributed by atoms with Gasteiger partial charge in [0.05, 0.1) is 35.5 Å². The molecule has 3 fully saturated rings. The molecule has 1 aromatic carbocycles. The van der Waals surface area contributed by atoms with E-state index in [-0.39, 0.29) is 36.7 Å². The van der Waals surface area contributed by atoms with Crippen molar-refractivity contribution in [3.8, 4) is 0 Å². The lowest BCUT2D eigenvalue weighted by Gasteiger charge is -2.68. The number of hydrogen-bond donors (Lipinski definition) is 2. The Balaban J connectivity index is 1.75. The molecule has 1 amide bonds. The van der Waals surface area contributed by atoms with Crippen LogP contribution < -0.4 is 5.32 Å². The number of nitrogens with one attached hydrogen (secondary N) is 1. The number of benzene rings is 1. The first-order chi connectivity index (χ1) is 23.3. The van der Waals surface area contributed by atoms with Gasteiger partial charge in [0.25, 0.3) is 0 Å². The van der Waals surface area contributed by atoms with E-state index in [2.05, 4.69) is 5.32 Å². The highest BCUT2D eigenvalue weighted by Gasteiger charge is 2.77. The van der Waals surface area contributed by atoms with Crippen molar-refractivity contribution in [1.82, 2.24) is 5.32 Å². The van der Waals surface area contributed by atoms with Gasteiger partial charge in [0, 0.05) is 51.2 Å². The van der Waals surface area contributed by atoms with Gasteiger partial charge in [-0.05, 0) is 51.0 Å². The van der Waals surface area contributed by atoms with Crippen LogP contribution in [-0.4, -0.2) is 90.1 Å². The number of carbonyl (C=O) groups excluding carboxylic acids is 5. The number of aliphatic hydroxyl groups is 1. The molecule has 5 rings (SSSR count). The van der Waals surface area contributed by atoms with E-state index in [1.807, 2.05) is 0 Å². The van der Waals surface area contributed by atoms with Crippen LogP contribution in [0.5, 0.6) is 0 Å². The third kappa shape index (κ3) is 5.67. The fourth-order valence-electron chi connectivity index (χ4n) is 9.49. The first-order valence-corrected chi connectivity index (χ1v) is 17.3. The number of carbonyl (C=O) groups is 5. The number of hydrogen-bond acceptors (Lipinski definition) is 11. The van der Waals surface area contributed by atoms with Crippen LogP contribution in [0, 0.1) is 28.6 Å². The standard InChI is InChI=1S/C38H51NO11/c1-19(22(4)39-23(5)40)33(43)48-26-17-38(45)32(49-34(44)25-14-12-11-13-15-25)30-36(9,31(42)21(3)29(20(26)2)35(38,7)8)27(46-10)16-28-37(30,18-47-28)50-24(6)41/h11-15,19,21-22,26-28,30,32,45H,16-18H2,1-10H3,(H,39,40)/t19-,21-,22+,26+,27+,28-,30?,32+,36-,37+,38-/m1/s1. The zero-order valence-corrected chi connectivity index (χ0v) is 30.7. The Labute approximate surface area is 293 Å². The molecule has 0 radical (unpaired) electrons. The lowest BCUT2D eigenvalue weighted by Crippen LogP contribution is -2.81. The van der Waals surface area contributed by atoms with Gasteiger partial charge in [-0.3, -0.25) is 19.2 Å². The molecule has 12 nitrogen and oxygen atoms in total. The number of Topliss-reactive ketones (excluding diaryl/α,β-unsaturated/α-hetero) is 1. The summed E-state index contributed by atoms with van der Waals surface area (Å²) in [4.78, 5) is 67.5. The van der Waals surface area contributed by atoms with Crippen molar-refractivity contribution in [2.45, 2.75) is 117 Å². The van der Waals surface area contributed by atoms with Gasteiger partial charge in [-0.1, -0.05) is 39.0 Å². The minimum Gasteiger partial charge on any atom is -0.457 e. The Morgan fingerprint density at radius 1 is 1.04 bits per heavy atom. The van der Waals surface area contributed by atoms with Gasteiger partial charge < -0.3 is 34.1 Å². The summed E-state index contributed by atoms with van der Waals surface area (Å²) in [5.41, 5.74) is -4.76. The average molecular weight is 698 g/mol. The van der Waals surface area contributed by atoms with Crippen LogP contribution in [0.2, 0.25) is 0 Å². The average Bonchev–Trinajstić information content (AvgIpc) is 3.04. The molecular weight excluding hydrogens is 646 g/mol. The molecule has 0 spiro atoms. The Kier molecular flexibility index (Phi) is 9.92. The number of esters is 3. The highest BCUT2D eigenvalue weighted by Crippen LogP contribution is 2.65. The monoisotopic (exact) mass is 697 g/mol. The summed E-state index contributed by atoms with van der Waals surface area (Å²) < 4.78 is 30.8. The fourth-order valence-corrected chi connectivity index (χ4v) is 9.49. The van der Waals surface area contributed by atoms with Gasteiger partial charge >= 0.3 is 17.9 Å². The van der Waals surface area contributed by atoms with Crippen molar-refractivity contribution < 1.29 is 52.8 Å². The van der Waals surface area contributed by atoms with Crippen LogP contribution in [0.25, 0.3) is 0 Å². The Morgan fingerprint density at radius 3 is 2.22 bits per heavy atom. The molecule has 274 valence electrons. The highest BCUT2D eigenvalue weighted by molar-refractivity contribution is 5.92. The van der Waals surface area contributed by atoms with Gasteiger partial charge in [0.1, 0.15) is 29.7 Å². The van der Waals surface area contributed by atoms with Crippen LogP contribution in [0.15, 0.2) is 41.5 Å². The van der Waals surface area contributed by atoms with E-state index in [4.69, 9.17) is 23.7 Å². The Bertz CT molecular complexity index is 1590. The minimum atomic E-state index is -1.99. The maximum absolute atomic E-state index is 15.2. The van der Waals surface area contributed by atoms with Crippen molar-refractivity contribution in [1.29, 1.82) is 0 Å². The zero-order chi connectivity index (χ0) is 37.1. The van der Waals surface area contributed by atoms with Crippen molar-refractivity contribution in [3.63, 3.8) is 0 Å². The summed E-state index contributed by atoms with van der Waals surface area (Å²) in [7, 11) is 1.49. The molecule has 2 N–H and O–H groups in total. The van der Waals surface area contributed by atoms with Crippen LogP contribution in [-0.2, 0) is 42.9 Å². The number of ether oxygens (including phenoxy) is 5. The van der Waals surface area contributed by atoms with Crippen LogP contribution in [0.4, 0.5) is 0 Å². The lowest BCUT2D eigenvalue weighted by atomic mass is 9.43. The maximum atomic E-state index is 15.2. The van der Waals surface area contributed by atoms with Crippen LogP contribution >= 0.6 is 0 Å². The first-order valence-electron chi connectivity index (χ1n) is 17.3. The normalized spacial score (nSPS) is 37.0. The second kappa shape index (κ2) is 13.2. The molecule has 11 atom stereocenters. The molecule has 1 unspecified atom stereocenters. The predicted octanol–water partition coefficient (Wildman–Crippen LogP) is 3.72. The molecule has 50 heavy (non-hydrogen) atoms. The van der Waals surface area contributed by atoms with Crippen LogP contribution in [0.1, 0.15) is 85.5 Å². The molecule has 2 saturated carbocycles. The van der Waals surface area contributed by atoms with Gasteiger partial charge in [-0.15, -0.1) is 0 Å². The van der Waals surface area contributed by atoms with Gasteiger partial charge in [0.15, 0.2) is 5.60 Å². The number of fused-ring (bicyclic) bond motifs is 5. The third-order valence-electron chi connectivity index (χ3n) is 12.3. The van der Waals surface area contributed by atoms with E-state index in [0.29, 0.717) is 11.1 Å². The number of rotatable bonds is 8. The van der Waals surface area contributed by atoms with E-state index in [1.165, 1.54) is 21.0 Å². The molecule has 0 aromatic heterocycles. The molecule has 2 bridgehead atoms. The van der Waals surface area contributed by atoms with E-state index in [0.717, 1.165) is 0 Å². The summed E-state index contributed by atoms with van der Waals surface area (Å²) in [6, 6.07) is 7.75. The Hall–Kier alpha value is -3.61. The fraction of sp³-hybridized carbons (Fsp3) is 0.658. The summed E-state index contributed by atoms with van der Waals surface area (Å²) in [5, 5.41) is 16.2. The van der Waals surface area contributed by atoms with E-state index < -0.39 is 88.2 Å². The highest BCUT2D eigenvalue weighted by atomic mass is 16.6. The second-order valence-corrected chi connectivity index (χ2v) is 15.4. The third-order valence-corrected chi connectivity index (χ3v) is 12.3. The van der Waals surface area contributed by atoms with Crippen molar-refractivity contribution in [2.24, 2.45) is 28.6 Å². The topological polar surface area (TPSA) is 164 Å². The summed E-state index contributed by atoms with van der Waals surface area (Å²) in [6.45, 7) is 14.8. The SMILES string of the molecule is CO[C@H]1C[C@H]2OC[C@@]2(OC(C)=O)C2[C@H](OC(=O)c3ccccc3)[C@]3(O)C[C@H](OC(=O)[C@H](C)[C@H](C)NC(C)=O)C(C)=C([C@@H](C)C(=O)[C@@]21C)C3(C)C. The molecule has 4 aliphatic rings. The van der Waals surface area contributed by atoms with Crippen molar-refractivity contribution in [2.75, 3.05) is 13.7 Å². The molecule has 1 saturated heterocycles. The second-order valence-electron chi connectivity index (χ2n) is 15.4.